The number of hydrogen-bond donors (Lipinski definition) is 1. The van der Waals surface area contributed by atoms with Gasteiger partial charge in [0.2, 0.25) is 0 Å². The maximum atomic E-state index is 14.0. The zero-order chi connectivity index (χ0) is 29.0. The van der Waals surface area contributed by atoms with E-state index < -0.39 is 11.9 Å². The molecule has 0 unspecified atom stereocenters. The number of ether oxygens (including phenoxy) is 5. The fraction of sp³-hybridized carbons (Fsp3) is 0.438. The molecule has 8 heteroatoms. The Labute approximate surface area is 236 Å². The number of carbonyl (C=O) groups is 2. The maximum Gasteiger partial charge on any atom is 0.337 e. The van der Waals surface area contributed by atoms with Gasteiger partial charge in [0.05, 0.1) is 39.6 Å². The summed E-state index contributed by atoms with van der Waals surface area (Å²) in [4.78, 5) is 27.5. The molecule has 1 N–H and O–H groups in total. The number of Topliss-reactive ketones (excluding diaryl/α,β-unsaturated/α-hetero) is 1. The Morgan fingerprint density at radius 2 is 1.55 bits per heavy atom. The van der Waals surface area contributed by atoms with Crippen molar-refractivity contribution in [3.63, 3.8) is 0 Å². The van der Waals surface area contributed by atoms with Gasteiger partial charge in [0, 0.05) is 29.3 Å². The number of carbonyl (C=O) groups excluding carboxylic acids is 2. The Balaban J connectivity index is 1.80. The van der Waals surface area contributed by atoms with Crippen LogP contribution in [0.15, 0.2) is 58.9 Å². The number of benzene rings is 2. The second kappa shape index (κ2) is 12.5. The van der Waals surface area contributed by atoms with E-state index >= 15 is 0 Å². The monoisotopic (exact) mass is 549 g/mol. The van der Waals surface area contributed by atoms with Crippen LogP contribution in [0.2, 0.25) is 0 Å². The molecule has 0 aromatic heterocycles. The molecule has 0 radical (unpaired) electrons. The van der Waals surface area contributed by atoms with E-state index in [-0.39, 0.29) is 17.8 Å². The van der Waals surface area contributed by atoms with Gasteiger partial charge in [0.15, 0.2) is 28.8 Å². The van der Waals surface area contributed by atoms with Gasteiger partial charge in [-0.15, -0.1) is 0 Å². The average Bonchev–Trinajstić information content (AvgIpc) is 2.96. The van der Waals surface area contributed by atoms with Gasteiger partial charge in [0.25, 0.3) is 0 Å². The summed E-state index contributed by atoms with van der Waals surface area (Å²) < 4.78 is 28.0. The van der Waals surface area contributed by atoms with E-state index in [1.54, 1.807) is 21.3 Å². The molecule has 0 spiro atoms. The molecule has 1 aliphatic carbocycles. The van der Waals surface area contributed by atoms with Gasteiger partial charge in [-0.3, -0.25) is 4.79 Å². The summed E-state index contributed by atoms with van der Waals surface area (Å²) in [6.07, 6.45) is 1.34. The van der Waals surface area contributed by atoms with Gasteiger partial charge < -0.3 is 29.0 Å². The third-order valence-corrected chi connectivity index (χ3v) is 7.63. The molecule has 1 heterocycles. The molecule has 8 nitrogen and oxygen atoms in total. The fourth-order valence-corrected chi connectivity index (χ4v) is 5.45. The van der Waals surface area contributed by atoms with Gasteiger partial charge in [-0.25, -0.2) is 4.79 Å². The highest BCUT2D eigenvalue weighted by atomic mass is 16.5. The van der Waals surface area contributed by atoms with Crippen molar-refractivity contribution in [3.05, 3.63) is 70.1 Å². The number of hydrogen-bond acceptors (Lipinski definition) is 8. The van der Waals surface area contributed by atoms with E-state index in [0.717, 1.165) is 16.8 Å². The van der Waals surface area contributed by atoms with Crippen molar-refractivity contribution in [1.82, 2.24) is 5.32 Å². The zero-order valence-corrected chi connectivity index (χ0v) is 24.4. The van der Waals surface area contributed by atoms with Crippen LogP contribution in [0.25, 0.3) is 0 Å². The van der Waals surface area contributed by atoms with Crippen molar-refractivity contribution in [3.8, 4) is 23.0 Å². The van der Waals surface area contributed by atoms with Gasteiger partial charge in [0.1, 0.15) is 0 Å². The summed E-state index contributed by atoms with van der Waals surface area (Å²) in [5.41, 5.74) is 4.26. The van der Waals surface area contributed by atoms with E-state index in [0.29, 0.717) is 65.7 Å². The van der Waals surface area contributed by atoms with E-state index in [1.807, 2.05) is 64.1 Å². The Bertz CT molecular complexity index is 1340. The molecule has 40 heavy (non-hydrogen) atoms. The van der Waals surface area contributed by atoms with Crippen molar-refractivity contribution in [2.75, 3.05) is 27.9 Å². The van der Waals surface area contributed by atoms with Crippen LogP contribution < -0.4 is 24.3 Å². The molecule has 3 atom stereocenters. The zero-order valence-electron chi connectivity index (χ0n) is 24.4. The lowest BCUT2D eigenvalue weighted by Gasteiger charge is -2.37. The lowest BCUT2D eigenvalue weighted by atomic mass is 9.71. The van der Waals surface area contributed by atoms with Crippen LogP contribution in [-0.4, -0.2) is 45.8 Å². The smallest absolute Gasteiger partial charge is 0.337 e. The molecule has 0 fully saturated rings. The minimum Gasteiger partial charge on any atom is -0.493 e. The number of dihydropyridines is 1. The summed E-state index contributed by atoms with van der Waals surface area (Å²) in [5.74, 6) is 1.28. The molecular formula is C32H39NO7. The predicted molar refractivity (Wildman–Crippen MR) is 152 cm³/mol. The van der Waals surface area contributed by atoms with Crippen LogP contribution in [0.3, 0.4) is 0 Å². The number of nitrogens with one attached hydrogen (secondary N) is 1. The second-order valence-corrected chi connectivity index (χ2v) is 10.1. The van der Waals surface area contributed by atoms with E-state index in [4.69, 9.17) is 23.7 Å². The Morgan fingerprint density at radius 3 is 2.20 bits per heavy atom. The van der Waals surface area contributed by atoms with E-state index in [2.05, 4.69) is 5.32 Å². The Morgan fingerprint density at radius 1 is 0.925 bits per heavy atom. The summed E-state index contributed by atoms with van der Waals surface area (Å²) in [6, 6.07) is 11.3. The largest absolute Gasteiger partial charge is 0.493 e. The average molecular weight is 550 g/mol. The van der Waals surface area contributed by atoms with Crippen LogP contribution in [0.4, 0.5) is 0 Å². The third-order valence-electron chi connectivity index (χ3n) is 7.63. The quantitative estimate of drug-likeness (QED) is 0.371. The molecule has 0 bridgehead atoms. The Kier molecular flexibility index (Phi) is 9.07. The predicted octanol–water partition coefficient (Wildman–Crippen LogP) is 5.81. The normalized spacial score (nSPS) is 19.4. The first-order valence-electron chi connectivity index (χ1n) is 13.7. The lowest BCUT2D eigenvalue weighted by Crippen LogP contribution is -2.36. The van der Waals surface area contributed by atoms with Gasteiger partial charge in [-0.1, -0.05) is 19.1 Å². The minimum atomic E-state index is -0.601. The molecule has 2 aromatic carbocycles. The molecular weight excluding hydrogens is 510 g/mol. The summed E-state index contributed by atoms with van der Waals surface area (Å²) >= 11 is 0. The molecule has 0 amide bonds. The van der Waals surface area contributed by atoms with Crippen LogP contribution in [-0.2, 0) is 14.3 Å². The summed E-state index contributed by atoms with van der Waals surface area (Å²) in [5, 5.41) is 3.41. The number of esters is 1. The van der Waals surface area contributed by atoms with Gasteiger partial charge in [-0.2, -0.15) is 0 Å². The topological polar surface area (TPSA) is 92.3 Å². The number of allylic oxidation sites excluding steroid dienone is 3. The first-order chi connectivity index (χ1) is 19.3. The molecule has 214 valence electrons. The van der Waals surface area contributed by atoms with Crippen LogP contribution in [0, 0.1) is 0 Å². The minimum absolute atomic E-state index is 0.0206. The number of methoxy groups -OCH3 is 3. The summed E-state index contributed by atoms with van der Waals surface area (Å²) in [6.45, 7) is 8.08. The van der Waals surface area contributed by atoms with Gasteiger partial charge >= 0.3 is 5.97 Å². The van der Waals surface area contributed by atoms with Gasteiger partial charge in [-0.05, 0) is 74.9 Å². The highest BCUT2D eigenvalue weighted by molar-refractivity contribution is 6.04. The Hall–Kier alpha value is -3.94. The third kappa shape index (κ3) is 5.67. The molecule has 4 rings (SSSR count). The van der Waals surface area contributed by atoms with Crippen molar-refractivity contribution >= 4 is 11.8 Å². The fourth-order valence-electron chi connectivity index (χ4n) is 5.45. The molecule has 2 aliphatic rings. The molecule has 2 aromatic rings. The van der Waals surface area contributed by atoms with Crippen LogP contribution in [0.5, 0.6) is 23.0 Å². The lowest BCUT2D eigenvalue weighted by molar-refractivity contribution is -0.144. The maximum absolute atomic E-state index is 14.0. The van der Waals surface area contributed by atoms with Crippen molar-refractivity contribution in [1.29, 1.82) is 0 Å². The highest BCUT2D eigenvalue weighted by Crippen LogP contribution is 2.47. The van der Waals surface area contributed by atoms with Crippen LogP contribution >= 0.6 is 0 Å². The first kappa shape index (κ1) is 29.1. The second-order valence-electron chi connectivity index (χ2n) is 10.1. The van der Waals surface area contributed by atoms with Crippen molar-refractivity contribution < 1.29 is 33.3 Å². The number of ketones is 1. The SMILES string of the molecule is CCOc1ccc([C@H]2C(C(=O)O[C@@H](C)CC)=C(C)NC3=C2C(=O)C[C@H](c2ccc(OC)c(OC)c2)C3)cc1OC. The highest BCUT2D eigenvalue weighted by Gasteiger charge is 2.42. The number of rotatable bonds is 10. The van der Waals surface area contributed by atoms with E-state index in [9.17, 15) is 9.59 Å². The van der Waals surface area contributed by atoms with Crippen molar-refractivity contribution in [2.45, 2.75) is 64.9 Å². The molecule has 0 saturated heterocycles. The van der Waals surface area contributed by atoms with Crippen LogP contribution in [0.1, 0.15) is 69.9 Å². The first-order valence-corrected chi connectivity index (χ1v) is 13.7. The molecule has 1 aliphatic heterocycles. The summed E-state index contributed by atoms with van der Waals surface area (Å²) in [7, 11) is 4.77. The molecule has 0 saturated carbocycles. The van der Waals surface area contributed by atoms with Crippen molar-refractivity contribution in [2.24, 2.45) is 0 Å². The van der Waals surface area contributed by atoms with E-state index in [1.165, 1.54) is 0 Å². The standard InChI is InChI=1S/C32H39NO7/c1-8-18(3)40-32(35)29-19(4)33-23-14-22(20-10-12-25(36-5)27(16-20)37-6)15-24(34)31(23)30(29)21-11-13-26(39-9-2)28(17-21)38-7/h10-13,16-18,22,30,33H,8-9,14-15H2,1-7H3/t18-,22+,30-/m0/s1.